The van der Waals surface area contributed by atoms with E-state index in [0.29, 0.717) is 5.15 Å². The van der Waals surface area contributed by atoms with Crippen LogP contribution in [0.5, 0.6) is 0 Å². The molecule has 0 unspecified atom stereocenters. The monoisotopic (exact) mass is 230 g/mol. The van der Waals surface area contributed by atoms with Crippen LogP contribution in [-0.2, 0) is 0 Å². The smallest absolute Gasteiger partial charge is 0.131 e. The van der Waals surface area contributed by atoms with E-state index < -0.39 is 0 Å². The third-order valence-corrected chi connectivity index (χ3v) is 2.92. The molecule has 1 heterocycles. The van der Waals surface area contributed by atoms with Crippen LogP contribution in [0.1, 0.15) is 13.3 Å². The van der Waals surface area contributed by atoms with Gasteiger partial charge in [0.2, 0.25) is 0 Å². The second-order valence-electron chi connectivity index (χ2n) is 2.84. The molecule has 14 heavy (non-hydrogen) atoms. The van der Waals surface area contributed by atoms with Crippen LogP contribution in [0.4, 0.5) is 5.69 Å². The van der Waals surface area contributed by atoms with Crippen molar-refractivity contribution in [2.24, 2.45) is 0 Å². The minimum atomic E-state index is 0.540. The number of pyridine rings is 1. The molecule has 0 bridgehead atoms. The second-order valence-corrected chi connectivity index (χ2v) is 4.63. The van der Waals surface area contributed by atoms with Crippen molar-refractivity contribution in [3.8, 4) is 0 Å². The van der Waals surface area contributed by atoms with Crippen LogP contribution < -0.4 is 5.32 Å². The van der Waals surface area contributed by atoms with Crippen molar-refractivity contribution in [1.29, 1.82) is 0 Å². The van der Waals surface area contributed by atoms with E-state index >= 15 is 0 Å². The largest absolute Gasteiger partial charge is 0.385 e. The Balaban J connectivity index is 2.18. The Bertz CT molecular complexity index is 268. The average molecular weight is 231 g/mol. The lowest BCUT2D eigenvalue weighted by molar-refractivity contribution is 0.991. The lowest BCUT2D eigenvalue weighted by Crippen LogP contribution is -2.02. The summed E-state index contributed by atoms with van der Waals surface area (Å²) in [5.74, 6) is 2.41. The van der Waals surface area contributed by atoms with Crippen LogP contribution in [0.2, 0.25) is 5.15 Å². The topological polar surface area (TPSA) is 24.9 Å². The van der Waals surface area contributed by atoms with Crippen molar-refractivity contribution in [1.82, 2.24) is 4.98 Å². The number of nitrogens with zero attached hydrogens (tertiary/aromatic N) is 1. The zero-order chi connectivity index (χ0) is 10.2. The predicted octanol–water partition coefficient (Wildman–Crippen LogP) is 3.29. The van der Waals surface area contributed by atoms with Gasteiger partial charge in [-0.05, 0) is 30.1 Å². The minimum Gasteiger partial charge on any atom is -0.385 e. The molecule has 1 N–H and O–H groups in total. The Morgan fingerprint density at radius 1 is 1.57 bits per heavy atom. The molecule has 1 rings (SSSR count). The van der Waals surface area contributed by atoms with E-state index in [2.05, 4.69) is 17.2 Å². The molecule has 0 radical (unpaired) electrons. The van der Waals surface area contributed by atoms with Gasteiger partial charge < -0.3 is 5.32 Å². The SMILES string of the molecule is CCSCCCNc1ccnc(Cl)c1. The van der Waals surface area contributed by atoms with Gasteiger partial charge in [0.1, 0.15) is 5.15 Å². The third kappa shape index (κ3) is 4.72. The summed E-state index contributed by atoms with van der Waals surface area (Å²) in [6.07, 6.45) is 2.89. The summed E-state index contributed by atoms with van der Waals surface area (Å²) in [4.78, 5) is 3.92. The molecule has 2 nitrogen and oxygen atoms in total. The van der Waals surface area contributed by atoms with E-state index in [1.807, 2.05) is 23.9 Å². The van der Waals surface area contributed by atoms with Crippen molar-refractivity contribution >= 4 is 29.1 Å². The van der Waals surface area contributed by atoms with Gasteiger partial charge in [0.05, 0.1) is 0 Å². The molecule has 0 fully saturated rings. The Morgan fingerprint density at radius 2 is 2.43 bits per heavy atom. The normalized spacial score (nSPS) is 10.1. The molecule has 0 aliphatic heterocycles. The highest BCUT2D eigenvalue weighted by Crippen LogP contribution is 2.11. The van der Waals surface area contributed by atoms with Gasteiger partial charge in [0, 0.05) is 18.4 Å². The first-order valence-corrected chi connectivity index (χ1v) is 6.29. The lowest BCUT2D eigenvalue weighted by Gasteiger charge is -2.05. The fourth-order valence-electron chi connectivity index (χ4n) is 1.06. The highest BCUT2D eigenvalue weighted by molar-refractivity contribution is 7.99. The zero-order valence-corrected chi connectivity index (χ0v) is 9.87. The van der Waals surface area contributed by atoms with E-state index in [-0.39, 0.29) is 0 Å². The standard InChI is InChI=1S/C10H15ClN2S/c1-2-14-7-3-5-12-9-4-6-13-10(11)8-9/h4,6,8H,2-3,5,7H2,1H3,(H,12,13). The molecule has 1 aromatic rings. The molecule has 1 aromatic heterocycles. The number of aromatic nitrogens is 1. The van der Waals surface area contributed by atoms with Crippen molar-refractivity contribution in [3.05, 3.63) is 23.5 Å². The van der Waals surface area contributed by atoms with Gasteiger partial charge in [-0.15, -0.1) is 0 Å². The quantitative estimate of drug-likeness (QED) is 0.600. The van der Waals surface area contributed by atoms with Crippen molar-refractivity contribution in [2.45, 2.75) is 13.3 Å². The molecular formula is C10H15ClN2S. The van der Waals surface area contributed by atoms with E-state index in [0.717, 1.165) is 12.2 Å². The van der Waals surface area contributed by atoms with Gasteiger partial charge >= 0.3 is 0 Å². The van der Waals surface area contributed by atoms with E-state index in [4.69, 9.17) is 11.6 Å². The first-order valence-electron chi connectivity index (χ1n) is 4.76. The van der Waals surface area contributed by atoms with Crippen molar-refractivity contribution < 1.29 is 0 Å². The first kappa shape index (κ1) is 11.7. The summed E-state index contributed by atoms with van der Waals surface area (Å²) in [5, 5.41) is 3.85. The van der Waals surface area contributed by atoms with Crippen LogP contribution in [-0.4, -0.2) is 23.0 Å². The van der Waals surface area contributed by atoms with Crippen LogP contribution >= 0.6 is 23.4 Å². The van der Waals surface area contributed by atoms with Gasteiger partial charge in [-0.3, -0.25) is 0 Å². The predicted molar refractivity (Wildman–Crippen MR) is 65.4 cm³/mol. The fraction of sp³-hybridized carbons (Fsp3) is 0.500. The third-order valence-electron chi connectivity index (χ3n) is 1.73. The minimum absolute atomic E-state index is 0.540. The number of thioether (sulfide) groups is 1. The molecule has 0 amide bonds. The summed E-state index contributed by atoms with van der Waals surface area (Å²) in [7, 11) is 0. The summed E-state index contributed by atoms with van der Waals surface area (Å²) in [5.41, 5.74) is 1.05. The van der Waals surface area contributed by atoms with Crippen LogP contribution in [0.3, 0.4) is 0 Å². The molecule has 78 valence electrons. The maximum Gasteiger partial charge on any atom is 0.131 e. The zero-order valence-electron chi connectivity index (χ0n) is 8.29. The van der Waals surface area contributed by atoms with Gasteiger partial charge in [-0.25, -0.2) is 4.98 Å². The maximum absolute atomic E-state index is 5.75. The number of nitrogens with one attached hydrogen (secondary N) is 1. The maximum atomic E-state index is 5.75. The molecule has 0 aliphatic rings. The Labute approximate surface area is 94.5 Å². The molecule has 0 saturated carbocycles. The van der Waals surface area contributed by atoms with E-state index in [1.165, 1.54) is 17.9 Å². The van der Waals surface area contributed by atoms with Crippen molar-refractivity contribution in [3.63, 3.8) is 0 Å². The van der Waals surface area contributed by atoms with E-state index in [1.54, 1.807) is 6.20 Å². The molecule has 0 atom stereocenters. The summed E-state index contributed by atoms with van der Waals surface area (Å²) in [6.45, 7) is 3.17. The highest BCUT2D eigenvalue weighted by atomic mass is 35.5. The Morgan fingerprint density at radius 3 is 3.14 bits per heavy atom. The molecule has 0 saturated heterocycles. The second kappa shape index (κ2) is 6.96. The number of anilines is 1. The summed E-state index contributed by atoms with van der Waals surface area (Å²) in [6, 6.07) is 3.77. The fourth-order valence-corrected chi connectivity index (χ4v) is 1.87. The molecule has 0 aromatic carbocycles. The molecule has 0 spiro atoms. The number of hydrogen-bond donors (Lipinski definition) is 1. The van der Waals surface area contributed by atoms with Gasteiger partial charge in [0.25, 0.3) is 0 Å². The van der Waals surface area contributed by atoms with Gasteiger partial charge in [0.15, 0.2) is 0 Å². The number of halogens is 1. The van der Waals surface area contributed by atoms with Crippen LogP contribution in [0.25, 0.3) is 0 Å². The van der Waals surface area contributed by atoms with E-state index in [9.17, 15) is 0 Å². The molecule has 4 heteroatoms. The lowest BCUT2D eigenvalue weighted by atomic mass is 10.4. The van der Waals surface area contributed by atoms with Crippen molar-refractivity contribution in [2.75, 3.05) is 23.4 Å². The summed E-state index contributed by atoms with van der Waals surface area (Å²) < 4.78 is 0. The van der Waals surface area contributed by atoms with Gasteiger partial charge in [-0.2, -0.15) is 11.8 Å². The first-order chi connectivity index (χ1) is 6.83. The Kier molecular flexibility index (Phi) is 5.80. The Hall–Kier alpha value is -0.410. The highest BCUT2D eigenvalue weighted by Gasteiger charge is 1.93. The molecule has 0 aliphatic carbocycles. The average Bonchev–Trinajstić information content (AvgIpc) is 2.18. The number of hydrogen-bond acceptors (Lipinski definition) is 3. The van der Waals surface area contributed by atoms with Crippen LogP contribution in [0.15, 0.2) is 18.3 Å². The summed E-state index contributed by atoms with van der Waals surface area (Å²) >= 11 is 7.72. The molecular weight excluding hydrogens is 216 g/mol. The van der Waals surface area contributed by atoms with Gasteiger partial charge in [-0.1, -0.05) is 18.5 Å². The number of rotatable bonds is 6. The van der Waals surface area contributed by atoms with Crippen LogP contribution in [0, 0.1) is 0 Å².